The molecule has 2 nitrogen and oxygen atoms in total. The quantitative estimate of drug-likeness (QED) is 0.759. The van der Waals surface area contributed by atoms with Gasteiger partial charge >= 0.3 is 0 Å². The molecule has 0 atom stereocenters. The van der Waals surface area contributed by atoms with Gasteiger partial charge in [-0.05, 0) is 56.7 Å². The van der Waals surface area contributed by atoms with E-state index in [0.29, 0.717) is 17.3 Å². The van der Waals surface area contributed by atoms with Gasteiger partial charge in [0.15, 0.2) is 5.78 Å². The zero-order valence-corrected chi connectivity index (χ0v) is 12.7. The van der Waals surface area contributed by atoms with Crippen molar-refractivity contribution in [1.29, 1.82) is 0 Å². The van der Waals surface area contributed by atoms with Gasteiger partial charge in [-0.25, -0.2) is 4.39 Å². The maximum Gasteiger partial charge on any atom is 0.159 e. The number of anilines is 1. The van der Waals surface area contributed by atoms with Crippen molar-refractivity contribution in [3.05, 3.63) is 29.6 Å². The van der Waals surface area contributed by atoms with E-state index in [4.69, 9.17) is 0 Å². The fourth-order valence-electron chi connectivity index (χ4n) is 3.15. The molecule has 0 saturated heterocycles. The Morgan fingerprint density at radius 1 is 1.30 bits per heavy atom. The number of benzene rings is 1. The van der Waals surface area contributed by atoms with E-state index in [1.54, 1.807) is 12.1 Å². The molecule has 0 N–H and O–H groups in total. The molecule has 0 aromatic heterocycles. The molecule has 1 fully saturated rings. The van der Waals surface area contributed by atoms with Gasteiger partial charge in [-0.15, -0.1) is 0 Å². The van der Waals surface area contributed by atoms with Gasteiger partial charge < -0.3 is 4.90 Å². The van der Waals surface area contributed by atoms with Crippen LogP contribution in [-0.4, -0.2) is 18.9 Å². The summed E-state index contributed by atoms with van der Waals surface area (Å²) in [6, 6.07) is 5.22. The fourth-order valence-corrected chi connectivity index (χ4v) is 3.15. The molecule has 1 aromatic carbocycles. The molecule has 110 valence electrons. The zero-order chi connectivity index (χ0) is 14.7. The first-order valence-corrected chi connectivity index (χ1v) is 7.56. The molecule has 0 spiro atoms. The maximum absolute atomic E-state index is 14.2. The second-order valence-corrected chi connectivity index (χ2v) is 5.92. The lowest BCUT2D eigenvalue weighted by atomic mass is 9.84. The minimum Gasteiger partial charge on any atom is -0.369 e. The number of nitrogens with zero attached hydrogens (tertiary/aromatic N) is 1. The summed E-state index contributed by atoms with van der Waals surface area (Å²) < 4.78 is 14.2. The number of hydrogen-bond donors (Lipinski definition) is 0. The summed E-state index contributed by atoms with van der Waals surface area (Å²) in [6.45, 7) is 3.71. The van der Waals surface area contributed by atoms with Crippen LogP contribution >= 0.6 is 0 Å². The molecule has 0 heterocycles. The highest BCUT2D eigenvalue weighted by atomic mass is 19.1. The Morgan fingerprint density at radius 2 is 1.95 bits per heavy atom. The van der Waals surface area contributed by atoms with E-state index < -0.39 is 0 Å². The van der Waals surface area contributed by atoms with Gasteiger partial charge in [0.25, 0.3) is 0 Å². The van der Waals surface area contributed by atoms with Gasteiger partial charge in [0.05, 0.1) is 5.69 Å². The predicted octanol–water partition coefficient (Wildman–Crippen LogP) is 4.43. The number of rotatable bonds is 4. The first-order valence-electron chi connectivity index (χ1n) is 7.56. The van der Waals surface area contributed by atoms with Crippen LogP contribution in [-0.2, 0) is 0 Å². The van der Waals surface area contributed by atoms with Crippen molar-refractivity contribution in [3.63, 3.8) is 0 Å². The van der Waals surface area contributed by atoms with Crippen molar-refractivity contribution in [3.8, 4) is 0 Å². The second kappa shape index (κ2) is 6.38. The Morgan fingerprint density at radius 3 is 2.45 bits per heavy atom. The van der Waals surface area contributed by atoms with E-state index in [9.17, 15) is 9.18 Å². The predicted molar refractivity (Wildman–Crippen MR) is 80.8 cm³/mol. The number of carbonyl (C=O) groups excluding carboxylic acids is 1. The standard InChI is InChI=1S/C17H24FNO/c1-4-13-5-8-15(9-6-13)19(3)17-10-7-14(12(2)20)11-16(17)18/h7,10-11,13,15H,4-6,8-9H2,1-3H3. The van der Waals surface area contributed by atoms with Gasteiger partial charge in [-0.1, -0.05) is 13.3 Å². The van der Waals surface area contributed by atoms with E-state index in [1.807, 2.05) is 11.9 Å². The molecule has 0 aliphatic heterocycles. The van der Waals surface area contributed by atoms with Crippen LogP contribution in [0, 0.1) is 11.7 Å². The number of halogens is 1. The van der Waals surface area contributed by atoms with Crippen molar-refractivity contribution < 1.29 is 9.18 Å². The summed E-state index contributed by atoms with van der Waals surface area (Å²) in [7, 11) is 1.96. The highest BCUT2D eigenvalue weighted by Crippen LogP contribution is 2.32. The van der Waals surface area contributed by atoms with E-state index in [2.05, 4.69) is 6.92 Å². The summed E-state index contributed by atoms with van der Waals surface area (Å²) in [4.78, 5) is 13.3. The monoisotopic (exact) mass is 277 g/mol. The third kappa shape index (κ3) is 3.20. The van der Waals surface area contributed by atoms with Crippen molar-refractivity contribution >= 4 is 11.5 Å². The highest BCUT2D eigenvalue weighted by molar-refractivity contribution is 5.94. The highest BCUT2D eigenvalue weighted by Gasteiger charge is 2.24. The SMILES string of the molecule is CCC1CCC(N(C)c2ccc(C(C)=O)cc2F)CC1. The Kier molecular flexibility index (Phi) is 4.79. The van der Waals surface area contributed by atoms with Crippen molar-refractivity contribution in [1.82, 2.24) is 0 Å². The molecular weight excluding hydrogens is 253 g/mol. The Hall–Kier alpha value is -1.38. The Balaban J connectivity index is 2.09. The normalized spacial score (nSPS) is 22.6. The van der Waals surface area contributed by atoms with Crippen molar-refractivity contribution in [2.75, 3.05) is 11.9 Å². The Labute approximate surface area is 121 Å². The number of Topliss-reactive ketones (excluding diaryl/α,β-unsaturated/α-hetero) is 1. The van der Waals surface area contributed by atoms with Crippen molar-refractivity contribution in [2.24, 2.45) is 5.92 Å². The van der Waals surface area contributed by atoms with Crippen LogP contribution in [0.3, 0.4) is 0 Å². The van der Waals surface area contributed by atoms with Gasteiger partial charge in [0.2, 0.25) is 0 Å². The first-order chi connectivity index (χ1) is 9.52. The van der Waals surface area contributed by atoms with Gasteiger partial charge in [-0.3, -0.25) is 4.79 Å². The lowest BCUT2D eigenvalue weighted by Gasteiger charge is -2.36. The van der Waals surface area contributed by atoms with Gasteiger partial charge in [0.1, 0.15) is 5.82 Å². The Bertz CT molecular complexity index is 478. The molecule has 1 aliphatic carbocycles. The number of ketones is 1. The van der Waals surface area contributed by atoms with Crippen LogP contribution in [0.15, 0.2) is 18.2 Å². The third-order valence-corrected chi connectivity index (χ3v) is 4.68. The number of hydrogen-bond acceptors (Lipinski definition) is 2. The van der Waals surface area contributed by atoms with E-state index >= 15 is 0 Å². The van der Waals surface area contributed by atoms with E-state index in [-0.39, 0.29) is 11.6 Å². The lowest BCUT2D eigenvalue weighted by molar-refractivity contribution is 0.101. The summed E-state index contributed by atoms with van der Waals surface area (Å²) in [5, 5.41) is 0. The average Bonchev–Trinajstić information content (AvgIpc) is 2.46. The third-order valence-electron chi connectivity index (χ3n) is 4.68. The molecule has 3 heteroatoms. The summed E-state index contributed by atoms with van der Waals surface area (Å²) >= 11 is 0. The van der Waals surface area contributed by atoms with E-state index in [1.165, 1.54) is 32.3 Å². The summed E-state index contributed by atoms with van der Waals surface area (Å²) in [6.07, 6.45) is 5.97. The average molecular weight is 277 g/mol. The first kappa shape index (κ1) is 15.0. The molecular formula is C17H24FNO. The van der Waals surface area contributed by atoms with E-state index in [0.717, 1.165) is 18.8 Å². The van der Waals surface area contributed by atoms with Crippen molar-refractivity contribution in [2.45, 2.75) is 52.0 Å². The topological polar surface area (TPSA) is 20.3 Å². The summed E-state index contributed by atoms with van der Waals surface area (Å²) in [5.41, 5.74) is 1.05. The molecule has 20 heavy (non-hydrogen) atoms. The minimum absolute atomic E-state index is 0.0958. The fraction of sp³-hybridized carbons (Fsp3) is 0.588. The zero-order valence-electron chi connectivity index (χ0n) is 12.7. The van der Waals surface area contributed by atoms with Crippen LogP contribution in [0.1, 0.15) is 56.3 Å². The largest absolute Gasteiger partial charge is 0.369 e. The van der Waals surface area contributed by atoms with Crippen LogP contribution in [0.5, 0.6) is 0 Å². The van der Waals surface area contributed by atoms with Crippen LogP contribution in [0.4, 0.5) is 10.1 Å². The molecule has 0 unspecified atom stereocenters. The summed E-state index contributed by atoms with van der Waals surface area (Å²) in [5.74, 6) is 0.448. The number of carbonyl (C=O) groups is 1. The maximum atomic E-state index is 14.2. The molecule has 1 aromatic rings. The molecule has 0 bridgehead atoms. The molecule has 0 amide bonds. The molecule has 1 saturated carbocycles. The van der Waals surface area contributed by atoms with Gasteiger partial charge in [0, 0.05) is 18.7 Å². The van der Waals surface area contributed by atoms with Crippen LogP contribution < -0.4 is 4.90 Å². The lowest BCUT2D eigenvalue weighted by Crippen LogP contribution is -2.35. The van der Waals surface area contributed by atoms with Gasteiger partial charge in [-0.2, -0.15) is 0 Å². The molecule has 0 radical (unpaired) electrons. The smallest absolute Gasteiger partial charge is 0.159 e. The van der Waals surface area contributed by atoms with Crippen LogP contribution in [0.25, 0.3) is 0 Å². The molecule has 1 aliphatic rings. The van der Waals surface area contributed by atoms with Crippen LogP contribution in [0.2, 0.25) is 0 Å². The second-order valence-electron chi connectivity index (χ2n) is 5.92. The minimum atomic E-state index is -0.294. The molecule has 2 rings (SSSR count).